The van der Waals surface area contributed by atoms with Gasteiger partial charge in [-0.05, 0) is 97.3 Å². The monoisotopic (exact) mass is 935 g/mol. The van der Waals surface area contributed by atoms with Crippen LogP contribution >= 0.6 is 34.8 Å². The van der Waals surface area contributed by atoms with Crippen LogP contribution in [-0.2, 0) is 42.7 Å². The van der Waals surface area contributed by atoms with Gasteiger partial charge < -0.3 is 9.47 Å². The Bertz CT molecular complexity index is 2560. The molecule has 0 atom stereocenters. The van der Waals surface area contributed by atoms with Gasteiger partial charge >= 0.3 is 12.4 Å². The van der Waals surface area contributed by atoms with Crippen LogP contribution in [0.4, 0.5) is 54.8 Å². The van der Waals surface area contributed by atoms with Crippen molar-refractivity contribution in [1.82, 2.24) is 0 Å². The number of aryl methyl sites for hydroxylation is 2. The van der Waals surface area contributed by atoms with Crippen LogP contribution in [0.1, 0.15) is 29.2 Å². The van der Waals surface area contributed by atoms with Crippen molar-refractivity contribution in [2.75, 3.05) is 14.2 Å². The fraction of sp³-hybridized carbons (Fsp3) is 0.167. The van der Waals surface area contributed by atoms with Gasteiger partial charge in [0.2, 0.25) is 30.4 Å². The van der Waals surface area contributed by atoms with Crippen LogP contribution in [0.3, 0.4) is 0 Å². The third-order valence-corrected chi connectivity index (χ3v) is 7.96. The molecule has 0 radical (unpaired) electrons. The van der Waals surface area contributed by atoms with Crippen molar-refractivity contribution in [2.24, 2.45) is 25.0 Å². The Balaban J connectivity index is 0.000000395. The van der Waals surface area contributed by atoms with Crippen molar-refractivity contribution in [2.45, 2.75) is 32.6 Å². The van der Waals surface area contributed by atoms with E-state index < -0.39 is 34.2 Å². The van der Waals surface area contributed by atoms with Gasteiger partial charge in [0.1, 0.15) is 22.9 Å². The first-order valence-electron chi connectivity index (χ1n) is 17.0. The Morgan fingerprint density at radius 3 is 1.56 bits per heavy atom. The van der Waals surface area contributed by atoms with E-state index in [1.54, 1.807) is 36.4 Å². The van der Waals surface area contributed by atoms with E-state index in [0.29, 0.717) is 45.7 Å². The molecular formula is C42H30Cl3F6N5O7. The van der Waals surface area contributed by atoms with Crippen LogP contribution in [0.25, 0.3) is 0 Å². The molecule has 12 nitrogen and oxygen atoms in total. The number of hydrogen-bond donors (Lipinski definition) is 0. The van der Waals surface area contributed by atoms with E-state index in [1.165, 1.54) is 50.2 Å². The summed E-state index contributed by atoms with van der Waals surface area (Å²) in [4.78, 5) is 65.9. The highest BCUT2D eigenvalue weighted by Crippen LogP contribution is 2.38. The zero-order chi connectivity index (χ0) is 47.6. The van der Waals surface area contributed by atoms with Gasteiger partial charge in [0.05, 0.1) is 47.4 Å². The molecule has 0 amide bonds. The van der Waals surface area contributed by atoms with Gasteiger partial charge in [-0.15, -0.1) is 0 Å². The molecule has 5 aromatic carbocycles. The molecule has 0 N–H and O–H groups in total. The lowest BCUT2D eigenvalue weighted by Gasteiger charge is -2.08. The first-order valence-corrected chi connectivity index (χ1v) is 18.2. The van der Waals surface area contributed by atoms with Gasteiger partial charge in [-0.3, -0.25) is 0 Å². The van der Waals surface area contributed by atoms with E-state index in [0.717, 1.165) is 36.3 Å². The minimum atomic E-state index is -4.58. The molecule has 63 heavy (non-hydrogen) atoms. The van der Waals surface area contributed by atoms with Crippen LogP contribution < -0.4 is 9.47 Å². The van der Waals surface area contributed by atoms with E-state index >= 15 is 0 Å². The molecule has 0 unspecified atom stereocenters. The number of isocyanates is 5. The molecule has 0 aromatic heterocycles. The molecule has 0 aliphatic rings. The molecule has 328 valence electrons. The summed E-state index contributed by atoms with van der Waals surface area (Å²) in [6.07, 6.45) is -1.56. The molecule has 5 aromatic rings. The Morgan fingerprint density at radius 2 is 1.03 bits per heavy atom. The third kappa shape index (κ3) is 20.0. The number of methoxy groups -OCH3 is 2. The SMILES string of the molecule is CCc1cccc(N=C=O)c1.COc1cc(Cl)ccc1N=C=O.COc1ccc(C)cc1N=C=O.O=C=Nc1ccc(Cl)c(C(F)(F)F)c1.O=C=Nc1ccc(Cl)cc1C(F)(F)F. The van der Waals surface area contributed by atoms with Gasteiger partial charge in [-0.1, -0.05) is 59.9 Å². The Morgan fingerprint density at radius 1 is 0.524 bits per heavy atom. The highest BCUT2D eigenvalue weighted by Gasteiger charge is 2.34. The summed E-state index contributed by atoms with van der Waals surface area (Å²) in [7, 11) is 3.02. The lowest BCUT2D eigenvalue weighted by molar-refractivity contribution is -0.138. The zero-order valence-corrected chi connectivity index (χ0v) is 35.2. The second kappa shape index (κ2) is 27.8. The molecule has 21 heteroatoms. The number of carbonyl (C=O) groups excluding carboxylic acids is 5. The Hall–Kier alpha value is -6.95. The van der Waals surface area contributed by atoms with Gasteiger partial charge in [0.25, 0.3) is 0 Å². The summed E-state index contributed by atoms with van der Waals surface area (Å²) in [6, 6.07) is 23.6. The third-order valence-electron chi connectivity index (χ3n) is 7.16. The van der Waals surface area contributed by atoms with Crippen LogP contribution in [-0.4, -0.2) is 44.6 Å². The number of aliphatic imine (C=N–C) groups is 5. The first kappa shape index (κ1) is 54.1. The lowest BCUT2D eigenvalue weighted by atomic mass is 10.1. The van der Waals surface area contributed by atoms with Crippen molar-refractivity contribution < 1.29 is 59.8 Å². The van der Waals surface area contributed by atoms with Crippen molar-refractivity contribution >= 4 is 93.6 Å². The minimum Gasteiger partial charge on any atom is -0.494 e. The van der Waals surface area contributed by atoms with Crippen molar-refractivity contribution in [3.8, 4) is 11.5 Å². The molecule has 0 aliphatic carbocycles. The summed E-state index contributed by atoms with van der Waals surface area (Å²) >= 11 is 16.4. The molecule has 0 aliphatic heterocycles. The second-order valence-electron chi connectivity index (χ2n) is 11.4. The van der Waals surface area contributed by atoms with Gasteiger partial charge in [-0.25, -0.2) is 24.0 Å². The Labute approximate surface area is 369 Å². The summed E-state index contributed by atoms with van der Waals surface area (Å²) in [5, 5.41) is 0.0428. The van der Waals surface area contributed by atoms with Gasteiger partial charge in [-0.2, -0.15) is 51.3 Å². The lowest BCUT2D eigenvalue weighted by Crippen LogP contribution is -2.05. The van der Waals surface area contributed by atoms with Crippen molar-refractivity contribution in [1.29, 1.82) is 0 Å². The molecule has 0 fully saturated rings. The number of halogens is 9. The highest BCUT2D eigenvalue weighted by molar-refractivity contribution is 6.31. The maximum Gasteiger partial charge on any atom is 0.418 e. The fourth-order valence-corrected chi connectivity index (χ4v) is 4.92. The van der Waals surface area contributed by atoms with Crippen LogP contribution in [0.2, 0.25) is 15.1 Å². The molecule has 0 heterocycles. The summed E-state index contributed by atoms with van der Waals surface area (Å²) in [5.74, 6) is 1.05. The van der Waals surface area contributed by atoms with E-state index in [4.69, 9.17) is 44.3 Å². The molecular weight excluding hydrogens is 907 g/mol. The number of rotatable bonds is 8. The number of alkyl halides is 6. The summed E-state index contributed by atoms with van der Waals surface area (Å²) in [5.41, 5.74) is 1.16. The molecule has 0 bridgehead atoms. The molecule has 5 rings (SSSR count). The Kier molecular flexibility index (Phi) is 23.9. The highest BCUT2D eigenvalue weighted by atomic mass is 35.5. The first-order chi connectivity index (χ1) is 29.8. The van der Waals surface area contributed by atoms with Crippen LogP contribution in [0.15, 0.2) is 122 Å². The smallest absolute Gasteiger partial charge is 0.418 e. The maximum atomic E-state index is 12.3. The van der Waals surface area contributed by atoms with Gasteiger partial charge in [0.15, 0.2) is 0 Å². The molecule has 0 spiro atoms. The second-order valence-corrected chi connectivity index (χ2v) is 12.6. The van der Waals surface area contributed by atoms with E-state index in [9.17, 15) is 50.3 Å². The average Bonchev–Trinajstić information content (AvgIpc) is 3.24. The number of nitrogens with zero attached hydrogens (tertiary/aromatic N) is 5. The van der Waals surface area contributed by atoms with Crippen molar-refractivity contribution in [3.05, 3.63) is 134 Å². The van der Waals surface area contributed by atoms with E-state index in [-0.39, 0.29) is 10.7 Å². The average molecular weight is 937 g/mol. The topological polar surface area (TPSA) is 166 Å². The quantitative estimate of drug-likeness (QED) is 0.0848. The fourth-order valence-electron chi connectivity index (χ4n) is 4.36. The standard InChI is InChI=1S/C9H9NO2.C9H9NO.2C8H3ClF3NO.C8H6ClNO2/c1-7-3-4-9(12-2)8(5-7)10-6-11;1-2-8-4-3-5-9(6-8)10-7-11;9-7-2-1-5(13-4-14)3-6(7)8(10,11)12;9-5-1-2-7(13-4-14)6(3-5)8(10,11)12;1-12-8-4-6(9)2-3-7(8)10-5-11/h3-5H,1-2H3;3-6H,2H2,1H3;2*1-3H;2-4H,1H3. The number of benzene rings is 5. The van der Waals surface area contributed by atoms with Crippen molar-refractivity contribution in [3.63, 3.8) is 0 Å². The van der Waals surface area contributed by atoms with Crippen LogP contribution in [0, 0.1) is 6.92 Å². The normalized spacial score (nSPS) is 9.73. The van der Waals surface area contributed by atoms with E-state index in [1.807, 2.05) is 31.2 Å². The predicted octanol–water partition coefficient (Wildman–Crippen LogP) is 13.2. The van der Waals surface area contributed by atoms with Crippen LogP contribution in [0.5, 0.6) is 11.5 Å². The number of hydrogen-bond acceptors (Lipinski definition) is 12. The maximum absolute atomic E-state index is 12.3. The largest absolute Gasteiger partial charge is 0.494 e. The number of ether oxygens (including phenoxy) is 2. The van der Waals surface area contributed by atoms with E-state index in [2.05, 4.69) is 31.9 Å². The zero-order valence-electron chi connectivity index (χ0n) is 32.9. The molecule has 0 saturated carbocycles. The van der Waals surface area contributed by atoms with Gasteiger partial charge in [0, 0.05) is 16.1 Å². The minimum absolute atomic E-state index is 0.0674. The summed E-state index contributed by atoms with van der Waals surface area (Å²) in [6.45, 7) is 3.98. The molecule has 0 saturated heterocycles. The predicted molar refractivity (Wildman–Crippen MR) is 223 cm³/mol. The summed E-state index contributed by atoms with van der Waals surface area (Å²) < 4.78 is 83.5.